The fourth-order valence-corrected chi connectivity index (χ4v) is 4.43. The summed E-state index contributed by atoms with van der Waals surface area (Å²) in [6.45, 7) is 1.20. The molecule has 0 radical (unpaired) electrons. The summed E-state index contributed by atoms with van der Waals surface area (Å²) in [5, 5.41) is 9.30. The lowest BCUT2D eigenvalue weighted by atomic mass is 10.1. The number of hydrogen-bond acceptors (Lipinski definition) is 8. The second-order valence-corrected chi connectivity index (χ2v) is 8.44. The summed E-state index contributed by atoms with van der Waals surface area (Å²) in [4.78, 5) is 41.5. The molecule has 0 bridgehead atoms. The number of fused-ring (bicyclic) bond motifs is 2. The molecule has 2 aliphatic rings. The number of nitriles is 1. The third-order valence-electron chi connectivity index (χ3n) is 6.17. The number of aliphatic imine (C=N–C) groups is 2. The molecule has 2 aliphatic heterocycles. The van der Waals surface area contributed by atoms with Crippen LogP contribution in [0.2, 0.25) is 0 Å². The number of amidine groups is 1. The van der Waals surface area contributed by atoms with Crippen molar-refractivity contribution in [2.24, 2.45) is 9.98 Å². The van der Waals surface area contributed by atoms with Gasteiger partial charge in [0.15, 0.2) is 11.6 Å². The van der Waals surface area contributed by atoms with E-state index in [0.29, 0.717) is 22.7 Å². The molecule has 38 heavy (non-hydrogen) atoms. The van der Waals surface area contributed by atoms with Crippen molar-refractivity contribution in [1.82, 2.24) is 19.4 Å². The normalized spacial score (nSPS) is 16.7. The minimum Gasteiger partial charge on any atom is -0.490 e. The Balaban J connectivity index is 1.58. The van der Waals surface area contributed by atoms with Crippen LogP contribution in [-0.2, 0) is 16.1 Å². The monoisotopic (exact) mass is 521 g/mol. The molecule has 1 fully saturated rings. The topological polar surface area (TPSA) is 125 Å². The summed E-state index contributed by atoms with van der Waals surface area (Å²) in [7, 11) is 1.20. The van der Waals surface area contributed by atoms with Crippen LogP contribution in [0.15, 0.2) is 46.6 Å². The van der Waals surface area contributed by atoms with Gasteiger partial charge < -0.3 is 14.4 Å². The number of imidazole rings is 1. The van der Waals surface area contributed by atoms with Gasteiger partial charge in [0.25, 0.3) is 0 Å². The fraction of sp³-hybridized carbons (Fsp3) is 0.280. The summed E-state index contributed by atoms with van der Waals surface area (Å²) < 4.78 is 40.4. The van der Waals surface area contributed by atoms with Gasteiger partial charge in [0, 0.05) is 11.6 Å². The number of amides is 2. The first-order valence-corrected chi connectivity index (χ1v) is 11.6. The first-order chi connectivity index (χ1) is 18.3. The van der Waals surface area contributed by atoms with Gasteiger partial charge in [-0.3, -0.25) is 14.3 Å². The van der Waals surface area contributed by atoms with E-state index in [1.165, 1.54) is 23.2 Å². The van der Waals surface area contributed by atoms with Crippen LogP contribution in [0.25, 0.3) is 11.0 Å². The van der Waals surface area contributed by atoms with Crippen molar-refractivity contribution in [2.45, 2.75) is 19.5 Å². The number of benzene rings is 2. The molecule has 2 aromatic carbocycles. The molecule has 2 amide bonds. The summed E-state index contributed by atoms with van der Waals surface area (Å²) in [6, 6.07) is 7.52. The number of ether oxygens (including phenoxy) is 2. The zero-order valence-electron chi connectivity index (χ0n) is 20.4. The number of methoxy groups -OCH3 is 1. The van der Waals surface area contributed by atoms with Gasteiger partial charge >= 0.3 is 12.0 Å². The lowest BCUT2D eigenvalue weighted by Crippen LogP contribution is -2.42. The molecule has 1 saturated heterocycles. The lowest BCUT2D eigenvalue weighted by Gasteiger charge is -2.23. The first-order valence-electron chi connectivity index (χ1n) is 11.6. The van der Waals surface area contributed by atoms with Crippen LogP contribution in [0, 0.1) is 23.0 Å². The summed E-state index contributed by atoms with van der Waals surface area (Å²) in [5.74, 6) is -2.13. The quantitative estimate of drug-likeness (QED) is 0.459. The molecule has 0 spiro atoms. The number of urea groups is 1. The van der Waals surface area contributed by atoms with Gasteiger partial charge in [-0.2, -0.15) is 10.3 Å². The van der Waals surface area contributed by atoms with Crippen molar-refractivity contribution in [2.75, 3.05) is 26.8 Å². The number of aromatic nitrogens is 2. The largest absolute Gasteiger partial charge is 0.490 e. The van der Waals surface area contributed by atoms with E-state index in [1.54, 1.807) is 29.7 Å². The number of nitrogens with zero attached hydrogens (tertiary/aromatic N) is 7. The second kappa shape index (κ2) is 9.89. The van der Waals surface area contributed by atoms with Crippen molar-refractivity contribution in [1.29, 1.82) is 5.26 Å². The number of carbonyl (C=O) groups is 2. The van der Waals surface area contributed by atoms with Gasteiger partial charge in [-0.1, -0.05) is 0 Å². The van der Waals surface area contributed by atoms with Gasteiger partial charge in [-0.05, 0) is 31.2 Å². The van der Waals surface area contributed by atoms with Gasteiger partial charge in [0.05, 0.1) is 49.5 Å². The highest BCUT2D eigenvalue weighted by molar-refractivity contribution is 6.13. The molecule has 1 aromatic heterocycles. The van der Waals surface area contributed by atoms with E-state index in [-0.39, 0.29) is 49.3 Å². The van der Waals surface area contributed by atoms with Crippen molar-refractivity contribution in [3.8, 4) is 11.8 Å². The molecular weight excluding hydrogens is 500 g/mol. The van der Waals surface area contributed by atoms with Crippen LogP contribution in [0.3, 0.4) is 0 Å². The Kier molecular flexibility index (Phi) is 6.46. The summed E-state index contributed by atoms with van der Waals surface area (Å²) >= 11 is 0. The number of esters is 1. The minimum absolute atomic E-state index is 0.0564. The molecule has 13 heteroatoms. The van der Waals surface area contributed by atoms with Crippen LogP contribution in [0.4, 0.5) is 13.6 Å². The van der Waals surface area contributed by atoms with E-state index >= 15 is 0 Å². The van der Waals surface area contributed by atoms with Gasteiger partial charge in [0.2, 0.25) is 5.96 Å². The number of hydrogen-bond donors (Lipinski definition) is 0. The van der Waals surface area contributed by atoms with Crippen LogP contribution in [-0.4, -0.2) is 76.0 Å². The van der Waals surface area contributed by atoms with Crippen molar-refractivity contribution >= 4 is 34.8 Å². The molecule has 194 valence electrons. The molecule has 0 N–H and O–H groups in total. The summed E-state index contributed by atoms with van der Waals surface area (Å²) in [5.41, 5.74) is 1.70. The molecule has 1 unspecified atom stereocenters. The predicted molar refractivity (Wildman–Crippen MR) is 131 cm³/mol. The first kappa shape index (κ1) is 24.8. The SMILES string of the molecule is CCOc1c(F)cc(F)cc1CN1C(=O)N(CC(=O)OC)C2CN=C(n3cnc4ccc(C#N)cc43)N=C21. The Hall–Kier alpha value is -4.86. The lowest BCUT2D eigenvalue weighted by molar-refractivity contribution is -0.141. The Morgan fingerprint density at radius 2 is 2.08 bits per heavy atom. The third-order valence-corrected chi connectivity index (χ3v) is 6.17. The van der Waals surface area contributed by atoms with Crippen molar-refractivity contribution in [3.63, 3.8) is 0 Å². The van der Waals surface area contributed by atoms with Crippen LogP contribution in [0.5, 0.6) is 5.75 Å². The molecular formula is C25H21F2N7O4. The third kappa shape index (κ3) is 4.30. The van der Waals surface area contributed by atoms with E-state index in [0.717, 1.165) is 6.07 Å². The Morgan fingerprint density at radius 3 is 2.82 bits per heavy atom. The molecule has 0 aliphatic carbocycles. The van der Waals surface area contributed by atoms with Crippen molar-refractivity contribution in [3.05, 3.63) is 59.4 Å². The zero-order valence-corrected chi connectivity index (χ0v) is 20.4. The number of rotatable bonds is 6. The highest BCUT2D eigenvalue weighted by Crippen LogP contribution is 2.30. The maximum absolute atomic E-state index is 14.5. The van der Waals surface area contributed by atoms with E-state index < -0.39 is 29.7 Å². The van der Waals surface area contributed by atoms with E-state index in [2.05, 4.69) is 21.0 Å². The van der Waals surface area contributed by atoms with Gasteiger partial charge in [-0.25, -0.2) is 23.6 Å². The van der Waals surface area contributed by atoms with E-state index in [4.69, 9.17) is 9.47 Å². The molecule has 1 atom stereocenters. The standard InChI is InChI=1S/C25H21F2N7O4/c1-3-38-22-15(7-16(26)8-17(22)27)11-33-23-20(32(25(33)36)12-21(35)37-2)10-29-24(31-23)34-13-30-18-5-4-14(9-28)6-19(18)34/h4-8,13,20H,3,10-12H2,1-2H3. The van der Waals surface area contributed by atoms with E-state index in [9.17, 15) is 23.6 Å². The Labute approximate surface area is 215 Å². The second-order valence-electron chi connectivity index (χ2n) is 8.44. The maximum atomic E-state index is 14.5. The average molecular weight is 521 g/mol. The molecule has 3 aromatic rings. The highest BCUT2D eigenvalue weighted by Gasteiger charge is 2.46. The Bertz CT molecular complexity index is 1560. The number of halogens is 2. The predicted octanol–water partition coefficient (Wildman–Crippen LogP) is 2.68. The zero-order chi connectivity index (χ0) is 27.0. The molecule has 11 nitrogen and oxygen atoms in total. The smallest absolute Gasteiger partial charge is 0.327 e. The van der Waals surface area contributed by atoms with Gasteiger partial charge in [0.1, 0.15) is 30.6 Å². The van der Waals surface area contributed by atoms with Crippen LogP contribution in [0.1, 0.15) is 18.1 Å². The van der Waals surface area contributed by atoms with Crippen LogP contribution >= 0.6 is 0 Å². The average Bonchev–Trinajstić information content (AvgIpc) is 3.44. The molecule has 0 saturated carbocycles. The number of carbonyl (C=O) groups excluding carboxylic acids is 2. The van der Waals surface area contributed by atoms with Gasteiger partial charge in [-0.15, -0.1) is 0 Å². The van der Waals surface area contributed by atoms with Crippen LogP contribution < -0.4 is 4.74 Å². The minimum atomic E-state index is -0.900. The summed E-state index contributed by atoms with van der Waals surface area (Å²) in [6.07, 6.45) is 1.50. The maximum Gasteiger partial charge on any atom is 0.327 e. The Morgan fingerprint density at radius 1 is 1.26 bits per heavy atom. The highest BCUT2D eigenvalue weighted by atomic mass is 19.1. The molecule has 5 rings (SSSR count). The fourth-order valence-electron chi connectivity index (χ4n) is 4.43. The van der Waals surface area contributed by atoms with E-state index in [1.807, 2.05) is 0 Å². The molecule has 3 heterocycles. The van der Waals surface area contributed by atoms with Crippen molar-refractivity contribution < 1.29 is 27.8 Å².